The highest BCUT2D eigenvalue weighted by atomic mass is 16.4. The van der Waals surface area contributed by atoms with E-state index in [0.29, 0.717) is 5.92 Å². The topological polar surface area (TPSA) is 37.3 Å². The molecular weight excluding hydrogens is 224 g/mol. The van der Waals surface area contributed by atoms with Crippen molar-refractivity contribution in [2.75, 3.05) is 0 Å². The quantitative estimate of drug-likeness (QED) is 0.483. The first kappa shape index (κ1) is 17.5. The van der Waals surface area contributed by atoms with E-state index in [1.165, 1.54) is 32.1 Å². The lowest BCUT2D eigenvalue weighted by atomic mass is 9.86. The van der Waals surface area contributed by atoms with E-state index < -0.39 is 5.97 Å². The second-order valence-corrected chi connectivity index (χ2v) is 5.54. The first-order valence-corrected chi connectivity index (χ1v) is 7.88. The predicted octanol–water partition coefficient (Wildman–Crippen LogP) is 5.26. The molecule has 0 saturated heterocycles. The zero-order chi connectivity index (χ0) is 13.8. The summed E-state index contributed by atoms with van der Waals surface area (Å²) in [6.45, 7) is 6.55. The van der Waals surface area contributed by atoms with Gasteiger partial charge in [0.25, 0.3) is 0 Å². The van der Waals surface area contributed by atoms with Crippen LogP contribution in [0.15, 0.2) is 0 Å². The molecule has 0 aliphatic heterocycles. The Morgan fingerprint density at radius 1 is 0.944 bits per heavy atom. The van der Waals surface area contributed by atoms with Crippen molar-refractivity contribution in [1.82, 2.24) is 0 Å². The molecule has 2 unspecified atom stereocenters. The van der Waals surface area contributed by atoms with E-state index >= 15 is 0 Å². The number of aliphatic carboxylic acids is 1. The lowest BCUT2D eigenvalue weighted by Gasteiger charge is -2.19. The Morgan fingerprint density at radius 3 is 2.11 bits per heavy atom. The van der Waals surface area contributed by atoms with Gasteiger partial charge in [-0.2, -0.15) is 0 Å². The van der Waals surface area contributed by atoms with Crippen molar-refractivity contribution in [2.24, 2.45) is 11.8 Å². The molecule has 0 aromatic carbocycles. The standard InChI is InChI=1S/C16H32O2/c1-4-7-9-10-11-14(6-3)13-15(16(17)18)12-8-5-2/h14-15H,4-13H2,1-3H3,(H,17,18). The van der Waals surface area contributed by atoms with E-state index in [2.05, 4.69) is 20.8 Å². The maximum Gasteiger partial charge on any atom is 0.306 e. The molecule has 2 nitrogen and oxygen atoms in total. The highest BCUT2D eigenvalue weighted by Crippen LogP contribution is 2.25. The number of carbonyl (C=O) groups is 1. The third-order valence-corrected chi connectivity index (χ3v) is 3.92. The Kier molecular flexibility index (Phi) is 11.2. The van der Waals surface area contributed by atoms with Gasteiger partial charge in [0.05, 0.1) is 5.92 Å². The molecule has 2 atom stereocenters. The molecule has 0 saturated carbocycles. The zero-order valence-electron chi connectivity index (χ0n) is 12.6. The van der Waals surface area contributed by atoms with Crippen LogP contribution in [0.4, 0.5) is 0 Å². The first-order valence-electron chi connectivity index (χ1n) is 7.88. The highest BCUT2D eigenvalue weighted by molar-refractivity contribution is 5.69. The average molecular weight is 256 g/mol. The van der Waals surface area contributed by atoms with Gasteiger partial charge < -0.3 is 5.11 Å². The molecule has 0 heterocycles. The molecule has 0 amide bonds. The van der Waals surface area contributed by atoms with Crippen LogP contribution in [0, 0.1) is 11.8 Å². The number of carboxylic acids is 1. The zero-order valence-corrected chi connectivity index (χ0v) is 12.6. The molecule has 0 rings (SSSR count). The number of hydrogen-bond acceptors (Lipinski definition) is 1. The van der Waals surface area contributed by atoms with Crippen LogP contribution in [0.25, 0.3) is 0 Å². The minimum atomic E-state index is -0.588. The number of hydrogen-bond donors (Lipinski definition) is 1. The van der Waals surface area contributed by atoms with E-state index in [4.69, 9.17) is 0 Å². The third kappa shape index (κ3) is 8.54. The number of rotatable bonds is 12. The minimum Gasteiger partial charge on any atom is -0.481 e. The van der Waals surface area contributed by atoms with E-state index in [1.807, 2.05) is 0 Å². The summed E-state index contributed by atoms with van der Waals surface area (Å²) in [5.74, 6) is -0.0867. The van der Waals surface area contributed by atoms with Crippen molar-refractivity contribution in [3.8, 4) is 0 Å². The fourth-order valence-electron chi connectivity index (χ4n) is 2.54. The van der Waals surface area contributed by atoms with Gasteiger partial charge >= 0.3 is 5.97 Å². The molecule has 0 bridgehead atoms. The highest BCUT2D eigenvalue weighted by Gasteiger charge is 2.20. The summed E-state index contributed by atoms with van der Waals surface area (Å²) in [6, 6.07) is 0. The van der Waals surface area contributed by atoms with Crippen molar-refractivity contribution in [2.45, 2.75) is 85.0 Å². The molecule has 0 aliphatic carbocycles. The van der Waals surface area contributed by atoms with Gasteiger partial charge in [0.2, 0.25) is 0 Å². The van der Waals surface area contributed by atoms with E-state index in [1.54, 1.807) is 0 Å². The van der Waals surface area contributed by atoms with E-state index in [9.17, 15) is 9.90 Å². The molecule has 0 spiro atoms. The second-order valence-electron chi connectivity index (χ2n) is 5.54. The maximum atomic E-state index is 11.2. The monoisotopic (exact) mass is 256 g/mol. The van der Waals surface area contributed by atoms with Crippen LogP contribution in [-0.2, 0) is 4.79 Å². The normalized spacial score (nSPS) is 14.4. The first-order chi connectivity index (χ1) is 8.65. The van der Waals surface area contributed by atoms with Crippen LogP contribution < -0.4 is 0 Å². The van der Waals surface area contributed by atoms with E-state index in [0.717, 1.165) is 32.1 Å². The van der Waals surface area contributed by atoms with Gasteiger partial charge in [-0.1, -0.05) is 72.1 Å². The summed E-state index contributed by atoms with van der Waals surface area (Å²) in [6.07, 6.45) is 11.4. The molecule has 0 radical (unpaired) electrons. The maximum absolute atomic E-state index is 11.2. The van der Waals surface area contributed by atoms with Gasteiger partial charge in [0, 0.05) is 0 Å². The predicted molar refractivity (Wildman–Crippen MR) is 77.8 cm³/mol. The second kappa shape index (κ2) is 11.6. The van der Waals surface area contributed by atoms with Crippen LogP contribution in [-0.4, -0.2) is 11.1 Å². The summed E-state index contributed by atoms with van der Waals surface area (Å²) in [7, 11) is 0. The molecule has 0 fully saturated rings. The largest absolute Gasteiger partial charge is 0.481 e. The molecule has 108 valence electrons. The van der Waals surface area contributed by atoms with Crippen molar-refractivity contribution in [3.05, 3.63) is 0 Å². The number of unbranched alkanes of at least 4 members (excludes halogenated alkanes) is 4. The molecule has 0 aromatic heterocycles. The van der Waals surface area contributed by atoms with Gasteiger partial charge in [-0.3, -0.25) is 4.79 Å². The Bertz CT molecular complexity index is 201. The van der Waals surface area contributed by atoms with Gasteiger partial charge in [-0.15, -0.1) is 0 Å². The molecule has 2 heteroatoms. The van der Waals surface area contributed by atoms with Gasteiger partial charge in [-0.25, -0.2) is 0 Å². The van der Waals surface area contributed by atoms with Crippen LogP contribution in [0.1, 0.15) is 85.0 Å². The average Bonchev–Trinajstić information content (AvgIpc) is 2.36. The Morgan fingerprint density at radius 2 is 1.61 bits per heavy atom. The van der Waals surface area contributed by atoms with Crippen LogP contribution in [0.5, 0.6) is 0 Å². The summed E-state index contributed by atoms with van der Waals surface area (Å²) in [5, 5.41) is 9.25. The summed E-state index contributed by atoms with van der Waals surface area (Å²) in [5.41, 5.74) is 0. The van der Waals surface area contributed by atoms with Gasteiger partial charge in [-0.05, 0) is 18.8 Å². The molecule has 0 aliphatic rings. The summed E-state index contributed by atoms with van der Waals surface area (Å²) in [4.78, 5) is 11.2. The van der Waals surface area contributed by atoms with Crippen molar-refractivity contribution in [3.63, 3.8) is 0 Å². The Balaban J connectivity index is 3.99. The lowest BCUT2D eigenvalue weighted by Crippen LogP contribution is -2.18. The van der Waals surface area contributed by atoms with Crippen molar-refractivity contribution >= 4 is 5.97 Å². The molecular formula is C16H32O2. The fourth-order valence-corrected chi connectivity index (χ4v) is 2.54. The molecule has 1 N–H and O–H groups in total. The molecule has 0 aromatic rings. The van der Waals surface area contributed by atoms with Gasteiger partial charge in [0.15, 0.2) is 0 Å². The minimum absolute atomic E-state index is 0.110. The van der Waals surface area contributed by atoms with Crippen LogP contribution >= 0.6 is 0 Å². The van der Waals surface area contributed by atoms with Crippen LogP contribution in [0.2, 0.25) is 0 Å². The lowest BCUT2D eigenvalue weighted by molar-refractivity contribution is -0.142. The SMILES string of the molecule is CCCCCCC(CC)CC(CCCC)C(=O)O. The Hall–Kier alpha value is -0.530. The van der Waals surface area contributed by atoms with Crippen LogP contribution in [0.3, 0.4) is 0 Å². The summed E-state index contributed by atoms with van der Waals surface area (Å²) < 4.78 is 0. The fraction of sp³-hybridized carbons (Fsp3) is 0.938. The smallest absolute Gasteiger partial charge is 0.306 e. The van der Waals surface area contributed by atoms with Crippen molar-refractivity contribution < 1.29 is 9.90 Å². The Labute approximate surface area is 113 Å². The van der Waals surface area contributed by atoms with E-state index in [-0.39, 0.29) is 5.92 Å². The summed E-state index contributed by atoms with van der Waals surface area (Å²) >= 11 is 0. The third-order valence-electron chi connectivity index (χ3n) is 3.92. The molecule has 18 heavy (non-hydrogen) atoms. The van der Waals surface area contributed by atoms with Crippen molar-refractivity contribution in [1.29, 1.82) is 0 Å². The van der Waals surface area contributed by atoms with Gasteiger partial charge in [0.1, 0.15) is 0 Å². The number of carboxylic acid groups (broad SMARTS) is 1.